The van der Waals surface area contributed by atoms with Gasteiger partial charge in [-0.05, 0) is 6.92 Å². The van der Waals surface area contributed by atoms with Crippen LogP contribution < -0.4 is 5.73 Å². The molecule has 0 spiro atoms. The Labute approximate surface area is 105 Å². The smallest absolute Gasteiger partial charge is 0.341 e. The first-order valence-electron chi connectivity index (χ1n) is 5.21. The molecule has 0 aliphatic rings. The van der Waals surface area contributed by atoms with Crippen LogP contribution in [0.15, 0.2) is 0 Å². The van der Waals surface area contributed by atoms with Crippen LogP contribution in [0.4, 0.5) is 5.82 Å². The normalized spacial score (nSPS) is 11.5. The van der Waals surface area contributed by atoms with Crippen LogP contribution in [0.5, 0.6) is 0 Å². The van der Waals surface area contributed by atoms with Crippen molar-refractivity contribution in [3.63, 3.8) is 0 Å². The summed E-state index contributed by atoms with van der Waals surface area (Å²) in [5, 5.41) is 8.93. The van der Waals surface area contributed by atoms with E-state index in [9.17, 15) is 4.79 Å². The van der Waals surface area contributed by atoms with Crippen molar-refractivity contribution >= 4 is 23.5 Å². The zero-order valence-corrected chi connectivity index (χ0v) is 11.3. The lowest BCUT2D eigenvalue weighted by Crippen LogP contribution is -2.13. The Morgan fingerprint density at radius 2 is 2.00 bits per heavy atom. The van der Waals surface area contributed by atoms with E-state index in [4.69, 9.17) is 10.8 Å². The third-order valence-electron chi connectivity index (χ3n) is 2.01. The number of nitrogen functional groups attached to an aromatic ring is 1. The predicted molar refractivity (Wildman–Crippen MR) is 69.2 cm³/mol. The van der Waals surface area contributed by atoms with Gasteiger partial charge in [0, 0.05) is 4.75 Å². The van der Waals surface area contributed by atoms with E-state index in [2.05, 4.69) is 30.7 Å². The molecule has 0 aromatic carbocycles. The van der Waals surface area contributed by atoms with Crippen LogP contribution in [0.3, 0.4) is 0 Å². The number of thioether (sulfide) groups is 1. The van der Waals surface area contributed by atoms with Crippen LogP contribution in [0.2, 0.25) is 0 Å². The van der Waals surface area contributed by atoms with Crippen molar-refractivity contribution in [3.8, 4) is 0 Å². The molecule has 1 heterocycles. The van der Waals surface area contributed by atoms with Gasteiger partial charge in [-0.15, -0.1) is 11.8 Å². The fourth-order valence-corrected chi connectivity index (χ4v) is 1.96. The fraction of sp³-hybridized carbons (Fsp3) is 0.545. The molecule has 0 bridgehead atoms. The molecule has 0 fully saturated rings. The van der Waals surface area contributed by atoms with Gasteiger partial charge in [-0.25, -0.2) is 14.8 Å². The van der Waals surface area contributed by atoms with Gasteiger partial charge in [-0.1, -0.05) is 20.8 Å². The molecule has 0 saturated carbocycles. The molecule has 1 rings (SSSR count). The molecule has 17 heavy (non-hydrogen) atoms. The molecule has 5 nitrogen and oxygen atoms in total. The predicted octanol–water partition coefficient (Wildman–Crippen LogP) is 2.10. The largest absolute Gasteiger partial charge is 0.477 e. The van der Waals surface area contributed by atoms with Crippen LogP contribution in [-0.2, 0) is 5.75 Å². The Hall–Kier alpha value is -1.30. The summed E-state index contributed by atoms with van der Waals surface area (Å²) in [4.78, 5) is 19.1. The van der Waals surface area contributed by atoms with Crippen LogP contribution in [0.1, 0.15) is 42.6 Å². The number of aromatic nitrogens is 2. The number of carboxylic acids is 1. The number of nitrogens with two attached hydrogens (primary N) is 1. The highest BCUT2D eigenvalue weighted by Gasteiger charge is 2.17. The maximum absolute atomic E-state index is 10.9. The number of aromatic carboxylic acids is 1. The van der Waals surface area contributed by atoms with Crippen molar-refractivity contribution < 1.29 is 9.90 Å². The van der Waals surface area contributed by atoms with Gasteiger partial charge in [0.25, 0.3) is 0 Å². The average molecular weight is 255 g/mol. The number of nitrogens with zero attached hydrogens (tertiary/aromatic N) is 2. The van der Waals surface area contributed by atoms with Crippen molar-refractivity contribution in [3.05, 3.63) is 17.1 Å². The third-order valence-corrected chi connectivity index (χ3v) is 3.28. The minimum Gasteiger partial charge on any atom is -0.477 e. The number of carboxylic acid groups (broad SMARTS) is 1. The van der Waals surface area contributed by atoms with Crippen molar-refractivity contribution in [2.45, 2.75) is 38.2 Å². The summed E-state index contributed by atoms with van der Waals surface area (Å²) < 4.78 is 0.109. The van der Waals surface area contributed by atoms with Crippen molar-refractivity contribution in [1.29, 1.82) is 0 Å². The monoisotopic (exact) mass is 255 g/mol. The Kier molecular flexibility index (Phi) is 3.98. The summed E-state index contributed by atoms with van der Waals surface area (Å²) in [6.45, 7) is 7.92. The number of anilines is 1. The average Bonchev–Trinajstić information content (AvgIpc) is 2.11. The van der Waals surface area contributed by atoms with Crippen LogP contribution in [0.25, 0.3) is 0 Å². The van der Waals surface area contributed by atoms with Gasteiger partial charge in [0.15, 0.2) is 0 Å². The molecule has 0 saturated heterocycles. The zero-order valence-electron chi connectivity index (χ0n) is 10.4. The first kappa shape index (κ1) is 13.8. The van der Waals surface area contributed by atoms with E-state index in [1.165, 1.54) is 0 Å². The molecule has 0 amide bonds. The molecular formula is C11H17N3O2S. The van der Waals surface area contributed by atoms with Crippen LogP contribution in [0, 0.1) is 6.92 Å². The van der Waals surface area contributed by atoms with E-state index in [0.717, 1.165) is 0 Å². The number of aryl methyl sites for hydroxylation is 1. The SMILES string of the molecule is Cc1nc(CSC(C)(C)C)nc(N)c1C(=O)O. The molecule has 0 aliphatic heterocycles. The second-order valence-electron chi connectivity index (χ2n) is 4.69. The molecule has 0 atom stereocenters. The van der Waals surface area contributed by atoms with Crippen molar-refractivity contribution in [1.82, 2.24) is 9.97 Å². The van der Waals surface area contributed by atoms with E-state index < -0.39 is 5.97 Å². The van der Waals surface area contributed by atoms with Gasteiger partial charge in [-0.3, -0.25) is 0 Å². The highest BCUT2D eigenvalue weighted by molar-refractivity contribution is 7.99. The first-order valence-corrected chi connectivity index (χ1v) is 6.19. The zero-order chi connectivity index (χ0) is 13.2. The summed E-state index contributed by atoms with van der Waals surface area (Å²) in [5.41, 5.74) is 6.03. The van der Waals surface area contributed by atoms with Gasteiger partial charge in [0.05, 0.1) is 11.4 Å². The van der Waals surface area contributed by atoms with Gasteiger partial charge in [0.2, 0.25) is 0 Å². The number of hydrogen-bond acceptors (Lipinski definition) is 5. The maximum atomic E-state index is 10.9. The fourth-order valence-electron chi connectivity index (χ4n) is 1.26. The number of hydrogen-bond donors (Lipinski definition) is 2. The molecule has 6 heteroatoms. The Morgan fingerprint density at radius 3 is 2.41 bits per heavy atom. The number of rotatable bonds is 3. The van der Waals surface area contributed by atoms with E-state index >= 15 is 0 Å². The summed E-state index contributed by atoms with van der Waals surface area (Å²) in [6, 6.07) is 0. The highest BCUT2D eigenvalue weighted by Crippen LogP contribution is 2.26. The minimum atomic E-state index is -1.09. The molecule has 94 valence electrons. The van der Waals surface area contributed by atoms with Gasteiger partial charge < -0.3 is 10.8 Å². The Morgan fingerprint density at radius 1 is 1.41 bits per heavy atom. The molecule has 0 aliphatic carbocycles. The third kappa shape index (κ3) is 3.89. The van der Waals surface area contributed by atoms with E-state index in [-0.39, 0.29) is 16.1 Å². The van der Waals surface area contributed by atoms with E-state index in [0.29, 0.717) is 17.3 Å². The first-order chi connectivity index (χ1) is 7.70. The quantitative estimate of drug-likeness (QED) is 0.859. The molecule has 1 aromatic rings. The molecule has 0 radical (unpaired) electrons. The maximum Gasteiger partial charge on any atom is 0.341 e. The van der Waals surface area contributed by atoms with Crippen LogP contribution >= 0.6 is 11.8 Å². The van der Waals surface area contributed by atoms with Gasteiger partial charge in [-0.2, -0.15) is 0 Å². The van der Waals surface area contributed by atoms with Crippen molar-refractivity contribution in [2.24, 2.45) is 0 Å². The Bertz CT molecular complexity index is 418. The highest BCUT2D eigenvalue weighted by atomic mass is 32.2. The lowest BCUT2D eigenvalue weighted by atomic mass is 10.2. The van der Waals surface area contributed by atoms with E-state index in [1.807, 2.05) is 0 Å². The lowest BCUT2D eigenvalue weighted by molar-refractivity contribution is 0.0696. The van der Waals surface area contributed by atoms with Crippen molar-refractivity contribution in [2.75, 3.05) is 5.73 Å². The molecule has 3 N–H and O–H groups in total. The minimum absolute atomic E-state index is 0.00508. The van der Waals surface area contributed by atoms with E-state index in [1.54, 1.807) is 18.7 Å². The lowest BCUT2D eigenvalue weighted by Gasteiger charge is -2.17. The summed E-state index contributed by atoms with van der Waals surface area (Å²) >= 11 is 1.69. The summed E-state index contributed by atoms with van der Waals surface area (Å²) in [5.74, 6) is 0.142. The Balaban J connectivity index is 2.95. The second kappa shape index (κ2) is 4.91. The molecule has 0 unspecified atom stereocenters. The van der Waals surface area contributed by atoms with Crippen LogP contribution in [-0.4, -0.2) is 25.8 Å². The van der Waals surface area contributed by atoms with Gasteiger partial charge in [0.1, 0.15) is 17.2 Å². The molecule has 1 aromatic heterocycles. The summed E-state index contributed by atoms with van der Waals surface area (Å²) in [7, 11) is 0. The second-order valence-corrected chi connectivity index (χ2v) is 6.49. The summed E-state index contributed by atoms with van der Waals surface area (Å²) in [6.07, 6.45) is 0. The van der Waals surface area contributed by atoms with Gasteiger partial charge >= 0.3 is 5.97 Å². The standard InChI is InChI=1S/C11H17N3O2S/c1-6-8(10(15)16)9(12)14-7(13-6)5-17-11(2,3)4/h5H2,1-4H3,(H,15,16)(H2,12,13,14). The molecular weight excluding hydrogens is 238 g/mol. The topological polar surface area (TPSA) is 89.1 Å². The number of carbonyl (C=O) groups is 1.